The molecule has 0 bridgehead atoms. The molecule has 3 N–H and O–H groups in total. The number of rotatable bonds is 3. The van der Waals surface area contributed by atoms with Gasteiger partial charge in [0, 0.05) is 16.6 Å². The first-order valence-corrected chi connectivity index (χ1v) is 8.32. The second-order valence-electron chi connectivity index (χ2n) is 5.66. The standard InChI is InChI=1S/C19H13Cl2NO3/c20-13-5-6-14(21)18-12(13)9-17(25-18)16-8-7-15(22-16)10-1-3-11(4-2-10)19(23)24/h1-9,19,22-24H. The number of H-pyrrole nitrogens is 1. The van der Waals surface area contributed by atoms with Crippen LogP contribution in [0.2, 0.25) is 10.0 Å². The average molecular weight is 374 g/mol. The van der Waals surface area contributed by atoms with Crippen LogP contribution in [0.25, 0.3) is 33.7 Å². The van der Waals surface area contributed by atoms with Gasteiger partial charge in [-0.1, -0.05) is 47.5 Å². The van der Waals surface area contributed by atoms with Gasteiger partial charge >= 0.3 is 0 Å². The molecular weight excluding hydrogens is 361 g/mol. The lowest BCUT2D eigenvalue weighted by atomic mass is 10.1. The van der Waals surface area contributed by atoms with E-state index in [-0.39, 0.29) is 0 Å². The number of hydrogen-bond acceptors (Lipinski definition) is 3. The molecule has 0 radical (unpaired) electrons. The number of halogens is 2. The van der Waals surface area contributed by atoms with Crippen LogP contribution in [-0.2, 0) is 0 Å². The van der Waals surface area contributed by atoms with E-state index < -0.39 is 6.29 Å². The van der Waals surface area contributed by atoms with Gasteiger partial charge in [0.2, 0.25) is 0 Å². The summed E-state index contributed by atoms with van der Waals surface area (Å²) in [5, 5.41) is 20.2. The fourth-order valence-electron chi connectivity index (χ4n) is 2.73. The molecule has 0 unspecified atom stereocenters. The quantitative estimate of drug-likeness (QED) is 0.422. The maximum atomic E-state index is 9.17. The van der Waals surface area contributed by atoms with Crippen molar-refractivity contribution in [1.29, 1.82) is 0 Å². The van der Waals surface area contributed by atoms with Crippen LogP contribution in [0.1, 0.15) is 11.9 Å². The third-order valence-electron chi connectivity index (χ3n) is 4.05. The van der Waals surface area contributed by atoms with Crippen molar-refractivity contribution in [2.75, 3.05) is 0 Å². The zero-order chi connectivity index (χ0) is 17.6. The lowest BCUT2D eigenvalue weighted by molar-refractivity contribution is -0.0424. The SMILES string of the molecule is OC(O)c1ccc(-c2ccc(-c3cc4c(Cl)ccc(Cl)c4o3)[nH]2)cc1. The van der Waals surface area contributed by atoms with E-state index in [2.05, 4.69) is 4.98 Å². The molecule has 4 nitrogen and oxygen atoms in total. The molecule has 0 saturated carbocycles. The van der Waals surface area contributed by atoms with Crippen LogP contribution in [0.5, 0.6) is 0 Å². The highest BCUT2D eigenvalue weighted by atomic mass is 35.5. The molecule has 4 aromatic rings. The molecule has 126 valence electrons. The molecular formula is C19H13Cl2NO3. The molecule has 0 fully saturated rings. The van der Waals surface area contributed by atoms with Crippen LogP contribution in [0.3, 0.4) is 0 Å². The van der Waals surface area contributed by atoms with E-state index >= 15 is 0 Å². The number of aromatic nitrogens is 1. The smallest absolute Gasteiger partial charge is 0.178 e. The number of furan rings is 1. The summed E-state index contributed by atoms with van der Waals surface area (Å²) >= 11 is 12.4. The van der Waals surface area contributed by atoms with Gasteiger partial charge in [-0.05, 0) is 35.9 Å². The zero-order valence-corrected chi connectivity index (χ0v) is 14.3. The van der Waals surface area contributed by atoms with E-state index in [9.17, 15) is 0 Å². The number of aliphatic hydroxyl groups excluding tert-OH is 1. The summed E-state index contributed by atoms with van der Waals surface area (Å²) in [6, 6.07) is 16.1. The summed E-state index contributed by atoms with van der Waals surface area (Å²) in [5.41, 5.74) is 3.60. The van der Waals surface area contributed by atoms with E-state index in [1.165, 1.54) is 0 Å². The van der Waals surface area contributed by atoms with Crippen LogP contribution in [-0.4, -0.2) is 15.2 Å². The third kappa shape index (κ3) is 2.94. The van der Waals surface area contributed by atoms with E-state index in [1.54, 1.807) is 24.3 Å². The van der Waals surface area contributed by atoms with Crippen LogP contribution in [0.4, 0.5) is 0 Å². The second-order valence-corrected chi connectivity index (χ2v) is 6.48. The minimum atomic E-state index is -1.47. The van der Waals surface area contributed by atoms with Crippen molar-refractivity contribution in [3.8, 4) is 22.7 Å². The number of benzene rings is 2. The van der Waals surface area contributed by atoms with Gasteiger partial charge in [-0.3, -0.25) is 0 Å². The molecule has 0 amide bonds. The summed E-state index contributed by atoms with van der Waals surface area (Å²) < 4.78 is 5.85. The average Bonchev–Trinajstić information content (AvgIpc) is 3.26. The summed E-state index contributed by atoms with van der Waals surface area (Å²) in [4.78, 5) is 3.29. The van der Waals surface area contributed by atoms with E-state index in [0.29, 0.717) is 27.0 Å². The molecule has 0 spiro atoms. The number of aromatic amines is 1. The predicted octanol–water partition coefficient (Wildman–Crippen LogP) is 5.38. The van der Waals surface area contributed by atoms with Gasteiger partial charge in [0.25, 0.3) is 0 Å². The van der Waals surface area contributed by atoms with E-state index in [1.807, 2.05) is 30.3 Å². The first-order chi connectivity index (χ1) is 12.0. The minimum absolute atomic E-state index is 0.442. The molecule has 2 aromatic carbocycles. The second kappa shape index (κ2) is 6.24. The number of nitrogens with one attached hydrogen (secondary N) is 1. The van der Waals surface area contributed by atoms with E-state index in [0.717, 1.165) is 22.3 Å². The summed E-state index contributed by atoms with van der Waals surface area (Å²) in [5.74, 6) is 0.638. The molecule has 0 aliphatic carbocycles. The maximum absolute atomic E-state index is 9.17. The van der Waals surface area contributed by atoms with E-state index in [4.69, 9.17) is 37.8 Å². The van der Waals surface area contributed by atoms with Gasteiger partial charge in [-0.2, -0.15) is 0 Å². The molecule has 2 heterocycles. The Morgan fingerprint density at radius 1 is 0.840 bits per heavy atom. The molecule has 0 atom stereocenters. The Kier molecular flexibility index (Phi) is 4.06. The Bertz CT molecular complexity index is 1010. The first-order valence-electron chi connectivity index (χ1n) is 7.56. The van der Waals surface area contributed by atoms with Gasteiger partial charge in [0.15, 0.2) is 17.6 Å². The van der Waals surface area contributed by atoms with Crippen molar-refractivity contribution < 1.29 is 14.6 Å². The Balaban J connectivity index is 1.72. The molecule has 4 rings (SSSR count). The monoisotopic (exact) mass is 373 g/mol. The molecule has 0 aliphatic rings. The highest BCUT2D eigenvalue weighted by molar-refractivity contribution is 6.39. The molecule has 0 saturated heterocycles. The number of aliphatic hydroxyl groups is 2. The van der Waals surface area contributed by atoms with Crippen LogP contribution in [0, 0.1) is 0 Å². The highest BCUT2D eigenvalue weighted by Gasteiger charge is 2.13. The fraction of sp³-hybridized carbons (Fsp3) is 0.0526. The maximum Gasteiger partial charge on any atom is 0.178 e. The summed E-state index contributed by atoms with van der Waals surface area (Å²) in [7, 11) is 0. The first kappa shape index (κ1) is 16.2. The zero-order valence-electron chi connectivity index (χ0n) is 12.8. The lowest BCUT2D eigenvalue weighted by Crippen LogP contribution is -1.93. The van der Waals surface area contributed by atoms with Crippen molar-refractivity contribution in [3.05, 3.63) is 70.2 Å². The van der Waals surface area contributed by atoms with Gasteiger partial charge in [0.1, 0.15) is 0 Å². The highest BCUT2D eigenvalue weighted by Crippen LogP contribution is 2.36. The van der Waals surface area contributed by atoms with Crippen molar-refractivity contribution in [2.24, 2.45) is 0 Å². The van der Waals surface area contributed by atoms with Crippen molar-refractivity contribution in [2.45, 2.75) is 6.29 Å². The van der Waals surface area contributed by atoms with Gasteiger partial charge < -0.3 is 19.6 Å². The van der Waals surface area contributed by atoms with Crippen LogP contribution >= 0.6 is 23.2 Å². The molecule has 6 heteroatoms. The predicted molar refractivity (Wildman–Crippen MR) is 98.6 cm³/mol. The van der Waals surface area contributed by atoms with Crippen molar-refractivity contribution in [3.63, 3.8) is 0 Å². The number of fused-ring (bicyclic) bond motifs is 1. The van der Waals surface area contributed by atoms with Crippen molar-refractivity contribution in [1.82, 2.24) is 4.98 Å². The molecule has 25 heavy (non-hydrogen) atoms. The fourth-order valence-corrected chi connectivity index (χ4v) is 3.14. The Morgan fingerprint density at radius 3 is 2.20 bits per heavy atom. The summed E-state index contributed by atoms with van der Waals surface area (Å²) in [6.45, 7) is 0. The molecule has 2 aromatic heterocycles. The minimum Gasteiger partial charge on any atom is -0.453 e. The van der Waals surface area contributed by atoms with Gasteiger partial charge in [0.05, 0.1) is 15.7 Å². The third-order valence-corrected chi connectivity index (χ3v) is 4.68. The molecule has 0 aliphatic heterocycles. The van der Waals surface area contributed by atoms with Crippen molar-refractivity contribution >= 4 is 34.2 Å². The Hall–Kier alpha value is -2.24. The number of hydrogen-bond donors (Lipinski definition) is 3. The topological polar surface area (TPSA) is 69.4 Å². The Labute approximate surface area is 153 Å². The Morgan fingerprint density at radius 2 is 1.52 bits per heavy atom. The largest absolute Gasteiger partial charge is 0.453 e. The van der Waals surface area contributed by atoms with Gasteiger partial charge in [-0.25, -0.2) is 0 Å². The van der Waals surface area contributed by atoms with Gasteiger partial charge in [-0.15, -0.1) is 0 Å². The summed E-state index contributed by atoms with van der Waals surface area (Å²) in [6.07, 6.45) is -1.47. The normalized spacial score (nSPS) is 11.6. The van der Waals surface area contributed by atoms with Crippen LogP contribution < -0.4 is 0 Å². The van der Waals surface area contributed by atoms with Crippen LogP contribution in [0.15, 0.2) is 59.0 Å². The lowest BCUT2D eigenvalue weighted by Gasteiger charge is -2.04.